The second kappa shape index (κ2) is 3.53. The van der Waals surface area contributed by atoms with E-state index in [0.29, 0.717) is 0 Å². The summed E-state index contributed by atoms with van der Waals surface area (Å²) >= 11 is 0. The van der Waals surface area contributed by atoms with Crippen molar-refractivity contribution in [3.63, 3.8) is 0 Å². The van der Waals surface area contributed by atoms with E-state index in [1.54, 1.807) is 0 Å². The maximum Gasteiger partial charge on any atom is 0.0636 e. The Morgan fingerprint density at radius 3 is 2.73 bits per heavy atom. The van der Waals surface area contributed by atoms with Crippen LogP contribution in [0.3, 0.4) is 0 Å². The summed E-state index contributed by atoms with van der Waals surface area (Å²) in [5.41, 5.74) is 4.08. The van der Waals surface area contributed by atoms with Gasteiger partial charge in [-0.2, -0.15) is 0 Å². The lowest BCUT2D eigenvalue weighted by Gasteiger charge is -2.19. The lowest BCUT2D eigenvalue weighted by atomic mass is 9.86. The molecule has 0 unspecified atom stereocenters. The number of nitrogens with one attached hydrogen (secondary N) is 1. The molecule has 0 amide bonds. The van der Waals surface area contributed by atoms with Crippen LogP contribution in [0.15, 0.2) is 18.2 Å². The Bertz CT molecular complexity index is 365. The zero-order valence-corrected chi connectivity index (χ0v) is 9.67. The fourth-order valence-corrected chi connectivity index (χ4v) is 2.02. The van der Waals surface area contributed by atoms with Crippen molar-refractivity contribution < 1.29 is 5.11 Å². The van der Waals surface area contributed by atoms with Gasteiger partial charge in [0.05, 0.1) is 12.6 Å². The molecule has 1 aliphatic rings. The van der Waals surface area contributed by atoms with E-state index in [1.165, 1.54) is 16.8 Å². The van der Waals surface area contributed by atoms with Gasteiger partial charge in [-0.15, -0.1) is 0 Å². The molecule has 0 aromatic heterocycles. The second-order valence-corrected chi connectivity index (χ2v) is 5.35. The van der Waals surface area contributed by atoms with Gasteiger partial charge >= 0.3 is 0 Å². The molecule has 1 heterocycles. The van der Waals surface area contributed by atoms with Crippen molar-refractivity contribution in [2.45, 2.75) is 38.6 Å². The molecule has 2 nitrogen and oxygen atoms in total. The zero-order valence-electron chi connectivity index (χ0n) is 9.67. The van der Waals surface area contributed by atoms with Gasteiger partial charge in [0.2, 0.25) is 0 Å². The Balaban J connectivity index is 2.30. The minimum absolute atomic E-state index is 0.201. The third-order valence-electron chi connectivity index (χ3n) is 3.02. The van der Waals surface area contributed by atoms with Crippen LogP contribution in [-0.2, 0) is 11.8 Å². The summed E-state index contributed by atoms with van der Waals surface area (Å²) in [6.07, 6.45) is 0.940. The maximum atomic E-state index is 9.10. The predicted molar refractivity (Wildman–Crippen MR) is 63.3 cm³/mol. The van der Waals surface area contributed by atoms with E-state index in [2.05, 4.69) is 44.3 Å². The number of aliphatic hydroxyl groups is 1. The van der Waals surface area contributed by atoms with Crippen LogP contribution in [-0.4, -0.2) is 17.8 Å². The highest BCUT2D eigenvalue weighted by molar-refractivity contribution is 5.58. The lowest BCUT2D eigenvalue weighted by molar-refractivity contribution is 0.277. The van der Waals surface area contributed by atoms with Crippen LogP contribution in [0.1, 0.15) is 31.9 Å². The van der Waals surface area contributed by atoms with Crippen molar-refractivity contribution in [2.24, 2.45) is 0 Å². The van der Waals surface area contributed by atoms with Crippen LogP contribution in [0.25, 0.3) is 0 Å². The van der Waals surface area contributed by atoms with Gasteiger partial charge in [-0.3, -0.25) is 0 Å². The molecule has 0 aliphatic carbocycles. The molecule has 0 radical (unpaired) electrons. The monoisotopic (exact) mass is 205 g/mol. The van der Waals surface area contributed by atoms with Crippen LogP contribution in [0.5, 0.6) is 0 Å². The Hall–Kier alpha value is -1.02. The molecule has 2 N–H and O–H groups in total. The molecule has 1 aromatic rings. The molecular formula is C13H19NO. The molecule has 0 saturated heterocycles. The highest BCUT2D eigenvalue weighted by Gasteiger charge is 2.22. The number of hydrogen-bond acceptors (Lipinski definition) is 2. The Kier molecular flexibility index (Phi) is 2.47. The van der Waals surface area contributed by atoms with Crippen molar-refractivity contribution in [1.29, 1.82) is 0 Å². The third kappa shape index (κ3) is 2.00. The summed E-state index contributed by atoms with van der Waals surface area (Å²) in [5, 5.41) is 12.4. The highest BCUT2D eigenvalue weighted by atomic mass is 16.3. The summed E-state index contributed by atoms with van der Waals surface area (Å²) in [6, 6.07) is 6.77. The van der Waals surface area contributed by atoms with Gasteiger partial charge in [0.15, 0.2) is 0 Å². The first kappa shape index (κ1) is 10.5. The van der Waals surface area contributed by atoms with Gasteiger partial charge < -0.3 is 10.4 Å². The largest absolute Gasteiger partial charge is 0.394 e. The van der Waals surface area contributed by atoms with Crippen molar-refractivity contribution in [1.82, 2.24) is 0 Å². The minimum Gasteiger partial charge on any atom is -0.394 e. The summed E-state index contributed by atoms with van der Waals surface area (Å²) in [6.45, 7) is 6.88. The number of aliphatic hydroxyl groups excluding tert-OH is 1. The molecule has 2 heteroatoms. The molecule has 0 saturated carbocycles. The first-order chi connectivity index (χ1) is 7.00. The van der Waals surface area contributed by atoms with Crippen LogP contribution < -0.4 is 5.32 Å². The highest BCUT2D eigenvalue weighted by Crippen LogP contribution is 2.31. The van der Waals surface area contributed by atoms with Crippen LogP contribution >= 0.6 is 0 Å². The first-order valence-electron chi connectivity index (χ1n) is 5.51. The van der Waals surface area contributed by atoms with Crippen LogP contribution in [0.2, 0.25) is 0 Å². The Morgan fingerprint density at radius 1 is 1.40 bits per heavy atom. The maximum absolute atomic E-state index is 9.10. The van der Waals surface area contributed by atoms with E-state index >= 15 is 0 Å². The molecule has 82 valence electrons. The fraction of sp³-hybridized carbons (Fsp3) is 0.538. The fourth-order valence-electron chi connectivity index (χ4n) is 2.02. The Labute approximate surface area is 91.3 Å². The molecular weight excluding hydrogens is 186 g/mol. The average Bonchev–Trinajstić information content (AvgIpc) is 2.57. The van der Waals surface area contributed by atoms with Crippen molar-refractivity contribution in [2.75, 3.05) is 11.9 Å². The summed E-state index contributed by atoms with van der Waals surface area (Å²) in [7, 11) is 0. The molecule has 0 bridgehead atoms. The molecule has 1 aromatic carbocycles. The SMILES string of the molecule is CC(C)(C)c1ccc2c(c1)C[C@H](CO)N2. The quantitative estimate of drug-likeness (QED) is 0.737. The van der Waals surface area contributed by atoms with Crippen molar-refractivity contribution >= 4 is 5.69 Å². The first-order valence-corrected chi connectivity index (χ1v) is 5.51. The summed E-state index contributed by atoms with van der Waals surface area (Å²) in [5.74, 6) is 0. The van der Waals surface area contributed by atoms with Crippen LogP contribution in [0, 0.1) is 0 Å². The van der Waals surface area contributed by atoms with E-state index in [-0.39, 0.29) is 18.1 Å². The van der Waals surface area contributed by atoms with Crippen LogP contribution in [0.4, 0.5) is 5.69 Å². The van der Waals surface area contributed by atoms with Gasteiger partial charge in [-0.05, 0) is 29.0 Å². The van der Waals surface area contributed by atoms with Gasteiger partial charge in [-0.1, -0.05) is 32.9 Å². The normalized spacial score (nSPS) is 19.9. The molecule has 1 aliphatic heterocycles. The van der Waals surface area contributed by atoms with E-state index in [1.807, 2.05) is 0 Å². The zero-order chi connectivity index (χ0) is 11.1. The standard InChI is InChI=1S/C13H19NO/c1-13(2,3)10-4-5-12-9(6-10)7-11(8-15)14-12/h4-6,11,14-15H,7-8H2,1-3H3/t11-/m1/s1. The van der Waals surface area contributed by atoms with Gasteiger partial charge in [0, 0.05) is 5.69 Å². The summed E-state index contributed by atoms with van der Waals surface area (Å²) in [4.78, 5) is 0. The molecule has 1 atom stereocenters. The number of anilines is 1. The van der Waals surface area contributed by atoms with E-state index in [9.17, 15) is 0 Å². The lowest BCUT2D eigenvalue weighted by Crippen LogP contribution is -2.19. The number of fused-ring (bicyclic) bond motifs is 1. The predicted octanol–water partition coefficient (Wildman–Crippen LogP) is 2.31. The van der Waals surface area contributed by atoms with E-state index in [0.717, 1.165) is 6.42 Å². The molecule has 0 spiro atoms. The van der Waals surface area contributed by atoms with Gasteiger partial charge in [0.25, 0.3) is 0 Å². The topological polar surface area (TPSA) is 32.3 Å². The van der Waals surface area contributed by atoms with Crippen molar-refractivity contribution in [3.05, 3.63) is 29.3 Å². The average molecular weight is 205 g/mol. The number of hydrogen-bond donors (Lipinski definition) is 2. The van der Waals surface area contributed by atoms with Gasteiger partial charge in [-0.25, -0.2) is 0 Å². The Morgan fingerprint density at radius 2 is 2.13 bits per heavy atom. The molecule has 0 fully saturated rings. The van der Waals surface area contributed by atoms with Crippen molar-refractivity contribution in [3.8, 4) is 0 Å². The smallest absolute Gasteiger partial charge is 0.0636 e. The molecule has 2 rings (SSSR count). The summed E-state index contributed by atoms with van der Waals surface area (Å²) < 4.78 is 0. The number of benzene rings is 1. The van der Waals surface area contributed by atoms with Gasteiger partial charge in [0.1, 0.15) is 0 Å². The second-order valence-electron chi connectivity index (χ2n) is 5.35. The number of rotatable bonds is 1. The third-order valence-corrected chi connectivity index (χ3v) is 3.02. The minimum atomic E-state index is 0.201. The molecule has 15 heavy (non-hydrogen) atoms. The van der Waals surface area contributed by atoms with E-state index < -0.39 is 0 Å². The van der Waals surface area contributed by atoms with E-state index in [4.69, 9.17) is 5.11 Å².